The lowest BCUT2D eigenvalue weighted by Gasteiger charge is -2.07. The van der Waals surface area contributed by atoms with Crippen molar-refractivity contribution in [3.05, 3.63) is 76.1 Å². The van der Waals surface area contributed by atoms with Crippen molar-refractivity contribution < 1.29 is 18.7 Å². The van der Waals surface area contributed by atoms with Crippen LogP contribution in [0.5, 0.6) is 0 Å². The lowest BCUT2D eigenvalue weighted by Crippen LogP contribution is -2.21. The van der Waals surface area contributed by atoms with Crippen molar-refractivity contribution in [2.75, 3.05) is 11.9 Å². The van der Waals surface area contributed by atoms with E-state index in [1.54, 1.807) is 24.3 Å². The van der Waals surface area contributed by atoms with Crippen LogP contribution in [0.4, 0.5) is 5.69 Å². The smallest absolute Gasteiger partial charge is 0.374 e. The first kappa shape index (κ1) is 19.4. The number of benzene rings is 2. The maximum absolute atomic E-state index is 12.1. The minimum absolute atomic E-state index is 0.239. The second-order valence-electron chi connectivity index (χ2n) is 6.40. The number of aryl methyl sites for hydroxylation is 1. The normalized spacial score (nSPS) is 10.6. The Morgan fingerprint density at radius 1 is 1.07 bits per heavy atom. The molecular weight excluding hydrogens is 358 g/mol. The maximum atomic E-state index is 12.1. The van der Waals surface area contributed by atoms with Crippen LogP contribution in [0.2, 0.25) is 0 Å². The van der Waals surface area contributed by atoms with E-state index in [0.29, 0.717) is 11.1 Å². The van der Waals surface area contributed by atoms with Crippen LogP contribution in [-0.2, 0) is 16.0 Å². The average Bonchev–Trinajstić information content (AvgIpc) is 2.71. The van der Waals surface area contributed by atoms with Crippen molar-refractivity contribution in [3.63, 3.8) is 0 Å². The van der Waals surface area contributed by atoms with E-state index in [4.69, 9.17) is 9.15 Å². The molecule has 0 bridgehead atoms. The fourth-order valence-electron chi connectivity index (χ4n) is 2.74. The number of hydrogen-bond acceptors (Lipinski definition) is 5. The number of esters is 1. The van der Waals surface area contributed by atoms with Crippen molar-refractivity contribution in [2.24, 2.45) is 0 Å². The van der Waals surface area contributed by atoms with E-state index in [2.05, 4.69) is 12.2 Å². The highest BCUT2D eigenvalue weighted by molar-refractivity contribution is 5.95. The molecule has 1 aromatic heterocycles. The predicted molar refractivity (Wildman–Crippen MR) is 106 cm³/mol. The molecule has 1 heterocycles. The first-order valence-electron chi connectivity index (χ1n) is 9.15. The van der Waals surface area contributed by atoms with Crippen LogP contribution >= 0.6 is 0 Å². The van der Waals surface area contributed by atoms with Crippen molar-refractivity contribution in [3.8, 4) is 0 Å². The molecule has 0 radical (unpaired) electrons. The molecule has 0 unspecified atom stereocenters. The summed E-state index contributed by atoms with van der Waals surface area (Å²) in [4.78, 5) is 36.1. The minimum Gasteiger partial charge on any atom is -0.450 e. The number of para-hydroxylation sites is 1. The van der Waals surface area contributed by atoms with Gasteiger partial charge in [-0.15, -0.1) is 0 Å². The second-order valence-corrected chi connectivity index (χ2v) is 6.40. The number of amides is 1. The Kier molecular flexibility index (Phi) is 6.22. The van der Waals surface area contributed by atoms with Gasteiger partial charge in [-0.05, 0) is 42.7 Å². The van der Waals surface area contributed by atoms with Crippen LogP contribution in [0.15, 0.2) is 63.8 Å². The zero-order valence-corrected chi connectivity index (χ0v) is 15.6. The fraction of sp³-hybridized carbons (Fsp3) is 0.227. The van der Waals surface area contributed by atoms with Gasteiger partial charge >= 0.3 is 5.97 Å². The number of nitrogens with one attached hydrogen (secondary N) is 1. The summed E-state index contributed by atoms with van der Waals surface area (Å²) in [6.07, 6.45) is 3.24. The Morgan fingerprint density at radius 2 is 1.82 bits per heavy atom. The molecule has 1 N–H and O–H groups in total. The van der Waals surface area contributed by atoms with Crippen LogP contribution < -0.4 is 10.7 Å². The zero-order chi connectivity index (χ0) is 19.9. The molecular formula is C22H21NO5. The third-order valence-corrected chi connectivity index (χ3v) is 4.23. The Labute approximate surface area is 162 Å². The molecule has 28 heavy (non-hydrogen) atoms. The van der Waals surface area contributed by atoms with E-state index in [1.807, 2.05) is 24.3 Å². The molecule has 0 spiro atoms. The fourth-order valence-corrected chi connectivity index (χ4v) is 2.74. The van der Waals surface area contributed by atoms with E-state index in [1.165, 1.54) is 5.56 Å². The molecule has 0 fully saturated rings. The molecule has 0 saturated carbocycles. The number of carbonyl (C=O) groups excluding carboxylic acids is 2. The summed E-state index contributed by atoms with van der Waals surface area (Å²) in [5.74, 6) is -1.58. The van der Waals surface area contributed by atoms with Crippen molar-refractivity contribution in [2.45, 2.75) is 26.2 Å². The largest absolute Gasteiger partial charge is 0.450 e. The van der Waals surface area contributed by atoms with Gasteiger partial charge in [-0.1, -0.05) is 37.6 Å². The molecule has 0 saturated heterocycles. The first-order chi connectivity index (χ1) is 13.6. The highest BCUT2D eigenvalue weighted by atomic mass is 16.5. The molecule has 2 aromatic carbocycles. The summed E-state index contributed by atoms with van der Waals surface area (Å²) in [6, 6.07) is 15.2. The lowest BCUT2D eigenvalue weighted by molar-refractivity contribution is -0.119. The van der Waals surface area contributed by atoms with Gasteiger partial charge in [0.05, 0.1) is 5.39 Å². The number of hydrogen-bond donors (Lipinski definition) is 1. The number of fused-ring (bicyclic) bond motifs is 1. The van der Waals surface area contributed by atoms with Gasteiger partial charge in [0.2, 0.25) is 5.76 Å². The van der Waals surface area contributed by atoms with Gasteiger partial charge in [0.1, 0.15) is 5.58 Å². The molecule has 6 heteroatoms. The van der Waals surface area contributed by atoms with Gasteiger partial charge in [-0.25, -0.2) is 4.79 Å². The monoisotopic (exact) mass is 379 g/mol. The van der Waals surface area contributed by atoms with Gasteiger partial charge in [0.25, 0.3) is 5.91 Å². The van der Waals surface area contributed by atoms with E-state index in [-0.39, 0.29) is 16.8 Å². The van der Waals surface area contributed by atoms with E-state index in [9.17, 15) is 14.4 Å². The topological polar surface area (TPSA) is 85.6 Å². The minimum atomic E-state index is -0.868. The number of carbonyl (C=O) groups is 2. The van der Waals surface area contributed by atoms with Crippen molar-refractivity contribution in [1.82, 2.24) is 0 Å². The van der Waals surface area contributed by atoms with E-state index in [0.717, 1.165) is 25.3 Å². The van der Waals surface area contributed by atoms with E-state index >= 15 is 0 Å². The van der Waals surface area contributed by atoms with Gasteiger partial charge in [-0.3, -0.25) is 9.59 Å². The number of ether oxygens (including phenoxy) is 1. The standard InChI is InChI=1S/C22H21NO5/c1-2-3-6-15-9-11-16(12-10-15)23-21(25)14-27-22(26)20-13-18(24)17-7-4-5-8-19(17)28-20/h4-5,7-13H,2-3,6,14H2,1H3,(H,23,25). The van der Waals surface area contributed by atoms with Crippen LogP contribution in [0.25, 0.3) is 11.0 Å². The Bertz CT molecular complexity index is 1040. The van der Waals surface area contributed by atoms with Gasteiger partial charge in [-0.2, -0.15) is 0 Å². The van der Waals surface area contributed by atoms with Crippen LogP contribution in [-0.4, -0.2) is 18.5 Å². The summed E-state index contributed by atoms with van der Waals surface area (Å²) in [5.41, 5.74) is 1.77. The molecule has 0 aliphatic carbocycles. The third-order valence-electron chi connectivity index (χ3n) is 4.23. The number of unbranched alkanes of at least 4 members (excludes halogenated alkanes) is 1. The second kappa shape index (κ2) is 8.99. The Balaban J connectivity index is 1.57. The molecule has 144 valence electrons. The summed E-state index contributed by atoms with van der Waals surface area (Å²) >= 11 is 0. The summed E-state index contributed by atoms with van der Waals surface area (Å²) in [7, 11) is 0. The molecule has 3 aromatic rings. The Hall–Kier alpha value is -3.41. The molecule has 1 amide bonds. The Morgan fingerprint density at radius 3 is 2.57 bits per heavy atom. The molecule has 3 rings (SSSR count). The van der Waals surface area contributed by atoms with E-state index < -0.39 is 18.5 Å². The summed E-state index contributed by atoms with van der Waals surface area (Å²) < 4.78 is 10.4. The summed E-state index contributed by atoms with van der Waals surface area (Å²) in [5, 5.41) is 3.04. The first-order valence-corrected chi connectivity index (χ1v) is 9.15. The number of rotatable bonds is 7. The SMILES string of the molecule is CCCCc1ccc(NC(=O)COC(=O)c2cc(=O)c3ccccc3o2)cc1. The highest BCUT2D eigenvalue weighted by Crippen LogP contribution is 2.13. The molecule has 6 nitrogen and oxygen atoms in total. The predicted octanol–water partition coefficient (Wildman–Crippen LogP) is 3.93. The zero-order valence-electron chi connectivity index (χ0n) is 15.6. The molecule has 0 atom stereocenters. The molecule has 0 aliphatic rings. The highest BCUT2D eigenvalue weighted by Gasteiger charge is 2.15. The third kappa shape index (κ3) is 4.85. The molecule has 0 aliphatic heterocycles. The number of anilines is 1. The quantitative estimate of drug-likeness (QED) is 0.629. The van der Waals surface area contributed by atoms with Gasteiger partial charge in [0, 0.05) is 11.8 Å². The summed E-state index contributed by atoms with van der Waals surface area (Å²) in [6.45, 7) is 1.66. The maximum Gasteiger partial charge on any atom is 0.374 e. The van der Waals surface area contributed by atoms with Gasteiger partial charge in [0.15, 0.2) is 12.0 Å². The lowest BCUT2D eigenvalue weighted by atomic mass is 10.1. The average molecular weight is 379 g/mol. The van der Waals surface area contributed by atoms with Crippen LogP contribution in [0, 0.1) is 0 Å². The van der Waals surface area contributed by atoms with Crippen LogP contribution in [0.1, 0.15) is 35.9 Å². The van der Waals surface area contributed by atoms with Crippen molar-refractivity contribution in [1.29, 1.82) is 0 Å². The van der Waals surface area contributed by atoms with Crippen LogP contribution in [0.3, 0.4) is 0 Å². The van der Waals surface area contributed by atoms with Gasteiger partial charge < -0.3 is 14.5 Å². The van der Waals surface area contributed by atoms with Crippen molar-refractivity contribution >= 4 is 28.5 Å².